The van der Waals surface area contributed by atoms with Crippen molar-refractivity contribution in [1.82, 2.24) is 15.5 Å². The van der Waals surface area contributed by atoms with Crippen LogP contribution in [0.1, 0.15) is 18.9 Å². The highest BCUT2D eigenvalue weighted by atomic mass is 127. The van der Waals surface area contributed by atoms with Gasteiger partial charge in [0.1, 0.15) is 0 Å². The molecule has 2 rings (SSSR count). The monoisotopic (exact) mass is 532 g/mol. The molecule has 0 spiro atoms. The summed E-state index contributed by atoms with van der Waals surface area (Å²) in [4.78, 5) is 5.87. The molecular weight excluding hydrogens is 504 g/mol. The van der Waals surface area contributed by atoms with Crippen molar-refractivity contribution < 1.29 is 27.8 Å². The summed E-state index contributed by atoms with van der Waals surface area (Å²) in [6, 6.07) is 3.21. The molecule has 1 saturated heterocycles. The molecule has 166 valence electrons. The van der Waals surface area contributed by atoms with E-state index in [0.717, 1.165) is 5.56 Å². The normalized spacial score (nSPS) is 17.6. The highest BCUT2D eigenvalue weighted by Crippen LogP contribution is 2.37. The van der Waals surface area contributed by atoms with Crippen LogP contribution in [0.4, 0.5) is 13.2 Å². The first kappa shape index (κ1) is 25.4. The molecule has 29 heavy (non-hydrogen) atoms. The summed E-state index contributed by atoms with van der Waals surface area (Å²) < 4.78 is 47.9. The molecule has 0 aliphatic carbocycles. The van der Waals surface area contributed by atoms with E-state index in [1.807, 2.05) is 6.92 Å². The number of halogens is 4. The van der Waals surface area contributed by atoms with Gasteiger partial charge in [0, 0.05) is 25.7 Å². The fraction of sp³-hybridized carbons (Fsp3) is 0.611. The molecule has 1 unspecified atom stereocenters. The summed E-state index contributed by atoms with van der Waals surface area (Å²) in [6.07, 6.45) is -3.58. The number of aliphatic imine (C=N–C) groups is 1. The second-order valence-electron chi connectivity index (χ2n) is 6.52. The lowest BCUT2D eigenvalue weighted by Crippen LogP contribution is -2.45. The zero-order chi connectivity index (χ0) is 20.7. The molecule has 3 N–H and O–H groups in total. The molecule has 1 heterocycles. The zero-order valence-corrected chi connectivity index (χ0v) is 19.0. The summed E-state index contributed by atoms with van der Waals surface area (Å²) in [7, 11) is 2.89. The third-order valence-corrected chi connectivity index (χ3v) is 4.32. The van der Waals surface area contributed by atoms with Gasteiger partial charge in [-0.25, -0.2) is 4.99 Å². The van der Waals surface area contributed by atoms with Crippen molar-refractivity contribution in [1.29, 1.82) is 0 Å². The van der Waals surface area contributed by atoms with E-state index in [0.29, 0.717) is 32.0 Å². The Morgan fingerprint density at radius 2 is 1.90 bits per heavy atom. The predicted octanol–water partition coefficient (Wildman–Crippen LogP) is 2.72. The van der Waals surface area contributed by atoms with Crippen LogP contribution >= 0.6 is 24.0 Å². The maximum atomic E-state index is 12.5. The van der Waals surface area contributed by atoms with Crippen molar-refractivity contribution in [2.24, 2.45) is 4.99 Å². The van der Waals surface area contributed by atoms with E-state index in [-0.39, 0.29) is 53.8 Å². The zero-order valence-electron chi connectivity index (χ0n) is 16.7. The van der Waals surface area contributed by atoms with Crippen LogP contribution in [-0.4, -0.2) is 68.6 Å². The van der Waals surface area contributed by atoms with E-state index in [1.54, 1.807) is 12.1 Å². The van der Waals surface area contributed by atoms with Gasteiger partial charge >= 0.3 is 6.18 Å². The Labute approximate surface area is 185 Å². The smallest absolute Gasteiger partial charge is 0.401 e. The summed E-state index contributed by atoms with van der Waals surface area (Å²) in [5.41, 5.74) is 0.758. The first-order valence-electron chi connectivity index (χ1n) is 9.03. The van der Waals surface area contributed by atoms with E-state index < -0.39 is 12.7 Å². The Morgan fingerprint density at radius 3 is 2.41 bits per heavy atom. The lowest BCUT2D eigenvalue weighted by Gasteiger charge is -2.20. The predicted molar refractivity (Wildman–Crippen MR) is 115 cm³/mol. The number of rotatable bonds is 7. The Hall–Kier alpha value is -1.63. The maximum absolute atomic E-state index is 12.5. The fourth-order valence-corrected chi connectivity index (χ4v) is 3.07. The van der Waals surface area contributed by atoms with Gasteiger partial charge in [0.2, 0.25) is 5.75 Å². The topological polar surface area (TPSA) is 78.4 Å². The molecular formula is C18H28F3IN4O3. The molecule has 0 amide bonds. The van der Waals surface area contributed by atoms with Gasteiger partial charge in [-0.3, -0.25) is 4.90 Å². The van der Waals surface area contributed by atoms with Crippen LogP contribution in [0.3, 0.4) is 0 Å². The number of alkyl halides is 3. The van der Waals surface area contributed by atoms with Gasteiger partial charge < -0.3 is 25.2 Å². The minimum Gasteiger partial charge on any atom is -0.502 e. The number of phenols is 1. The number of nitrogens with one attached hydrogen (secondary N) is 2. The quantitative estimate of drug-likeness (QED) is 0.285. The van der Waals surface area contributed by atoms with Gasteiger partial charge in [-0.2, -0.15) is 13.2 Å². The number of aromatic hydroxyl groups is 1. The van der Waals surface area contributed by atoms with Crippen LogP contribution in [0.5, 0.6) is 17.2 Å². The minimum atomic E-state index is -4.19. The first-order chi connectivity index (χ1) is 13.3. The molecule has 1 fully saturated rings. The Kier molecular flexibility index (Phi) is 10.1. The van der Waals surface area contributed by atoms with E-state index in [9.17, 15) is 18.3 Å². The van der Waals surface area contributed by atoms with Gasteiger partial charge in [-0.05, 0) is 31.0 Å². The number of likely N-dealkylation sites (tertiary alicyclic amines) is 1. The average molecular weight is 532 g/mol. The van der Waals surface area contributed by atoms with Crippen LogP contribution < -0.4 is 20.1 Å². The molecule has 1 aromatic carbocycles. The number of hydrogen-bond donors (Lipinski definition) is 3. The van der Waals surface area contributed by atoms with Gasteiger partial charge in [-0.15, -0.1) is 24.0 Å². The Morgan fingerprint density at radius 1 is 1.28 bits per heavy atom. The third kappa shape index (κ3) is 7.96. The summed E-state index contributed by atoms with van der Waals surface area (Å²) in [5.74, 6) is 0.994. The van der Waals surface area contributed by atoms with Crippen molar-refractivity contribution >= 4 is 29.9 Å². The van der Waals surface area contributed by atoms with Crippen molar-refractivity contribution in [2.45, 2.75) is 32.1 Å². The van der Waals surface area contributed by atoms with Crippen LogP contribution in [0.15, 0.2) is 17.1 Å². The third-order valence-electron chi connectivity index (χ3n) is 4.32. The SMILES string of the molecule is CCNC(=NCc1cc(OC)c(O)c(OC)c1)NC1CCN(CC(F)(F)F)C1.I. The number of phenolic OH excluding ortho intramolecular Hbond substituents is 1. The van der Waals surface area contributed by atoms with Gasteiger partial charge in [0.15, 0.2) is 17.5 Å². The minimum absolute atomic E-state index is 0. The summed E-state index contributed by atoms with van der Waals surface area (Å²) in [6.45, 7) is 2.61. The standard InChI is InChI=1S/C18H27F3N4O3.HI/c1-4-22-17(24-13-5-6-25(10-13)11-18(19,20)21)23-9-12-7-14(27-2)16(26)15(8-12)28-3;/h7-8,13,26H,4-6,9-11H2,1-3H3,(H2,22,23,24);1H. The molecule has 1 aliphatic heterocycles. The van der Waals surface area contributed by atoms with Gasteiger partial charge in [0.25, 0.3) is 0 Å². The number of methoxy groups -OCH3 is 2. The fourth-order valence-electron chi connectivity index (χ4n) is 3.07. The van der Waals surface area contributed by atoms with Crippen molar-refractivity contribution in [2.75, 3.05) is 40.4 Å². The van der Waals surface area contributed by atoms with Gasteiger partial charge in [-0.1, -0.05) is 0 Å². The first-order valence-corrected chi connectivity index (χ1v) is 9.03. The van der Waals surface area contributed by atoms with Crippen molar-refractivity contribution in [3.8, 4) is 17.2 Å². The maximum Gasteiger partial charge on any atom is 0.401 e. The van der Waals surface area contributed by atoms with E-state index in [1.165, 1.54) is 19.1 Å². The van der Waals surface area contributed by atoms with E-state index in [4.69, 9.17) is 9.47 Å². The van der Waals surface area contributed by atoms with E-state index >= 15 is 0 Å². The molecule has 0 saturated carbocycles. The van der Waals surface area contributed by atoms with Crippen LogP contribution in [-0.2, 0) is 6.54 Å². The second-order valence-corrected chi connectivity index (χ2v) is 6.52. The Balaban J connectivity index is 0.00000420. The summed E-state index contributed by atoms with van der Waals surface area (Å²) in [5, 5.41) is 16.3. The molecule has 11 heteroatoms. The molecule has 0 radical (unpaired) electrons. The van der Waals surface area contributed by atoms with Crippen LogP contribution in [0, 0.1) is 0 Å². The largest absolute Gasteiger partial charge is 0.502 e. The molecule has 1 aliphatic rings. The number of benzene rings is 1. The molecule has 1 atom stereocenters. The highest BCUT2D eigenvalue weighted by Gasteiger charge is 2.34. The van der Waals surface area contributed by atoms with Crippen LogP contribution in [0.25, 0.3) is 0 Å². The number of ether oxygens (including phenoxy) is 2. The molecule has 0 aromatic heterocycles. The molecule has 7 nitrogen and oxygen atoms in total. The lowest BCUT2D eigenvalue weighted by atomic mass is 10.2. The average Bonchev–Trinajstić information content (AvgIpc) is 3.05. The molecule has 0 bridgehead atoms. The second kappa shape index (κ2) is 11.5. The summed E-state index contributed by atoms with van der Waals surface area (Å²) >= 11 is 0. The van der Waals surface area contributed by atoms with Crippen molar-refractivity contribution in [3.05, 3.63) is 17.7 Å². The number of nitrogens with zero attached hydrogens (tertiary/aromatic N) is 2. The van der Waals surface area contributed by atoms with Crippen molar-refractivity contribution in [3.63, 3.8) is 0 Å². The number of guanidine groups is 1. The lowest BCUT2D eigenvalue weighted by molar-refractivity contribution is -0.143. The highest BCUT2D eigenvalue weighted by molar-refractivity contribution is 14.0. The molecule has 1 aromatic rings. The number of hydrogen-bond acceptors (Lipinski definition) is 5. The van der Waals surface area contributed by atoms with Crippen LogP contribution in [0.2, 0.25) is 0 Å². The Bertz CT molecular complexity index is 664. The van der Waals surface area contributed by atoms with E-state index in [2.05, 4.69) is 15.6 Å². The van der Waals surface area contributed by atoms with Gasteiger partial charge in [0.05, 0.1) is 27.3 Å².